The molecule has 0 saturated carbocycles. The largest absolute Gasteiger partial charge is 0.508 e. The monoisotopic (exact) mass is 343 g/mol. The van der Waals surface area contributed by atoms with Crippen molar-refractivity contribution in [1.82, 2.24) is 5.32 Å². The normalized spacial score (nSPS) is 11.9. The van der Waals surface area contributed by atoms with Crippen LogP contribution in [0.5, 0.6) is 5.75 Å². The summed E-state index contributed by atoms with van der Waals surface area (Å²) in [6.07, 6.45) is 1.70. The first-order valence-electron chi connectivity index (χ1n) is 8.47. The lowest BCUT2D eigenvalue weighted by Crippen LogP contribution is -2.40. The van der Waals surface area contributed by atoms with Gasteiger partial charge < -0.3 is 20.3 Å². The summed E-state index contributed by atoms with van der Waals surface area (Å²) in [7, 11) is 0. The van der Waals surface area contributed by atoms with E-state index in [1.54, 1.807) is 12.1 Å². The van der Waals surface area contributed by atoms with Gasteiger partial charge in [0.25, 0.3) is 0 Å². The predicted octanol–water partition coefficient (Wildman–Crippen LogP) is 2.06. The zero-order chi connectivity index (χ0) is 17.9. The molecule has 0 heterocycles. The number of ether oxygens (including phenoxy) is 1. The number of hydrogen-bond acceptors (Lipinski definition) is 4. The van der Waals surface area contributed by atoms with Gasteiger partial charge in [0.05, 0.1) is 25.9 Å². The van der Waals surface area contributed by atoms with E-state index in [-0.39, 0.29) is 30.9 Å². The number of amides is 1. The summed E-state index contributed by atoms with van der Waals surface area (Å²) in [4.78, 5) is 12.2. The molecule has 0 saturated heterocycles. The molecule has 3 N–H and O–H groups in total. The average molecular weight is 343 g/mol. The molecule has 0 bridgehead atoms. The Labute approximate surface area is 148 Å². The van der Waals surface area contributed by atoms with Gasteiger partial charge in [0.15, 0.2) is 0 Å². The summed E-state index contributed by atoms with van der Waals surface area (Å²) >= 11 is 0. The lowest BCUT2D eigenvalue weighted by atomic mass is 10.1. The summed E-state index contributed by atoms with van der Waals surface area (Å²) in [5.41, 5.74) is 2.13. The van der Waals surface area contributed by atoms with Gasteiger partial charge in [-0.2, -0.15) is 0 Å². The summed E-state index contributed by atoms with van der Waals surface area (Å²) < 4.78 is 5.39. The number of rotatable bonds is 10. The van der Waals surface area contributed by atoms with Crippen LogP contribution in [0.3, 0.4) is 0 Å². The number of phenols is 1. The van der Waals surface area contributed by atoms with Crippen molar-refractivity contribution in [3.63, 3.8) is 0 Å². The van der Waals surface area contributed by atoms with Crippen molar-refractivity contribution in [2.45, 2.75) is 25.3 Å². The summed E-state index contributed by atoms with van der Waals surface area (Å²) in [6.45, 7) is 0.526. The SMILES string of the molecule is O=C(CCc1ccccc1)N[C@@H](COCCO)Cc1ccc(O)cc1. The zero-order valence-electron chi connectivity index (χ0n) is 14.2. The summed E-state index contributed by atoms with van der Waals surface area (Å²) in [5.74, 6) is 0.184. The van der Waals surface area contributed by atoms with Crippen LogP contribution in [-0.4, -0.2) is 42.0 Å². The van der Waals surface area contributed by atoms with E-state index in [4.69, 9.17) is 9.84 Å². The van der Waals surface area contributed by atoms with Crippen molar-refractivity contribution in [3.05, 3.63) is 65.7 Å². The predicted molar refractivity (Wildman–Crippen MR) is 96.4 cm³/mol. The zero-order valence-corrected chi connectivity index (χ0v) is 14.2. The molecule has 0 spiro atoms. The molecule has 2 aromatic rings. The number of aliphatic hydroxyl groups is 1. The van der Waals surface area contributed by atoms with Gasteiger partial charge in [0.2, 0.25) is 5.91 Å². The molecule has 1 amide bonds. The molecule has 134 valence electrons. The average Bonchev–Trinajstić information content (AvgIpc) is 2.63. The molecule has 0 fully saturated rings. The van der Waals surface area contributed by atoms with Crippen molar-refractivity contribution >= 4 is 5.91 Å². The van der Waals surface area contributed by atoms with Crippen LogP contribution < -0.4 is 5.32 Å². The fourth-order valence-corrected chi connectivity index (χ4v) is 2.56. The molecular formula is C20H25NO4. The highest BCUT2D eigenvalue weighted by Gasteiger charge is 2.14. The number of hydrogen-bond donors (Lipinski definition) is 3. The molecule has 2 aromatic carbocycles. The number of aromatic hydroxyl groups is 1. The number of carbonyl (C=O) groups excluding carboxylic acids is 1. The van der Waals surface area contributed by atoms with E-state index in [1.807, 2.05) is 42.5 Å². The highest BCUT2D eigenvalue weighted by atomic mass is 16.5. The van der Waals surface area contributed by atoms with Gasteiger partial charge in [-0.25, -0.2) is 0 Å². The van der Waals surface area contributed by atoms with Crippen molar-refractivity contribution in [1.29, 1.82) is 0 Å². The molecule has 25 heavy (non-hydrogen) atoms. The Bertz CT molecular complexity index is 628. The van der Waals surface area contributed by atoms with E-state index >= 15 is 0 Å². The van der Waals surface area contributed by atoms with Gasteiger partial charge in [0, 0.05) is 6.42 Å². The van der Waals surface area contributed by atoms with Crippen molar-refractivity contribution in [2.24, 2.45) is 0 Å². The smallest absolute Gasteiger partial charge is 0.220 e. The molecule has 0 aromatic heterocycles. The molecule has 5 heteroatoms. The molecule has 0 radical (unpaired) electrons. The highest BCUT2D eigenvalue weighted by Crippen LogP contribution is 2.12. The Morgan fingerprint density at radius 1 is 1.04 bits per heavy atom. The molecule has 2 rings (SSSR count). The van der Waals surface area contributed by atoms with Crippen LogP contribution >= 0.6 is 0 Å². The van der Waals surface area contributed by atoms with E-state index in [9.17, 15) is 9.90 Å². The van der Waals surface area contributed by atoms with Crippen LogP contribution in [0.4, 0.5) is 0 Å². The van der Waals surface area contributed by atoms with Gasteiger partial charge in [-0.3, -0.25) is 4.79 Å². The number of aryl methyl sites for hydroxylation is 1. The quantitative estimate of drug-likeness (QED) is 0.577. The maximum Gasteiger partial charge on any atom is 0.220 e. The summed E-state index contributed by atoms with van der Waals surface area (Å²) in [6, 6.07) is 16.6. The number of phenolic OH excluding ortho intramolecular Hbond substituents is 1. The maximum absolute atomic E-state index is 12.2. The van der Waals surface area contributed by atoms with Gasteiger partial charge >= 0.3 is 0 Å². The number of nitrogens with one attached hydrogen (secondary N) is 1. The minimum Gasteiger partial charge on any atom is -0.508 e. The van der Waals surface area contributed by atoms with E-state index in [0.29, 0.717) is 25.9 Å². The first kappa shape index (κ1) is 19.0. The van der Waals surface area contributed by atoms with Gasteiger partial charge in [-0.15, -0.1) is 0 Å². The topological polar surface area (TPSA) is 78.8 Å². The Morgan fingerprint density at radius 3 is 2.44 bits per heavy atom. The second kappa shape index (κ2) is 10.5. The van der Waals surface area contributed by atoms with Crippen molar-refractivity contribution in [2.75, 3.05) is 19.8 Å². The number of aliphatic hydroxyl groups excluding tert-OH is 1. The minimum absolute atomic E-state index is 0.0276. The van der Waals surface area contributed by atoms with Crippen LogP contribution in [0, 0.1) is 0 Å². The third-order valence-electron chi connectivity index (χ3n) is 3.82. The second-order valence-electron chi connectivity index (χ2n) is 5.92. The standard InChI is InChI=1S/C20H25NO4/c22-12-13-25-15-18(14-17-6-9-19(23)10-7-17)21-20(24)11-8-16-4-2-1-3-5-16/h1-7,9-10,18,22-23H,8,11-15H2,(H,21,24)/t18-/m1/s1. The van der Waals surface area contributed by atoms with E-state index in [1.165, 1.54) is 0 Å². The van der Waals surface area contributed by atoms with Crippen LogP contribution in [-0.2, 0) is 22.4 Å². The Kier molecular flexibility index (Phi) is 7.95. The first-order valence-corrected chi connectivity index (χ1v) is 8.47. The van der Waals surface area contributed by atoms with Gasteiger partial charge in [-0.05, 0) is 36.1 Å². The molecule has 0 aliphatic heterocycles. The van der Waals surface area contributed by atoms with E-state index < -0.39 is 0 Å². The van der Waals surface area contributed by atoms with Gasteiger partial charge in [-0.1, -0.05) is 42.5 Å². The fraction of sp³-hybridized carbons (Fsp3) is 0.350. The number of carbonyl (C=O) groups is 1. The fourth-order valence-electron chi connectivity index (χ4n) is 2.56. The van der Waals surface area contributed by atoms with E-state index in [0.717, 1.165) is 11.1 Å². The summed E-state index contributed by atoms with van der Waals surface area (Å²) in [5, 5.41) is 21.2. The molecule has 0 aliphatic rings. The Hall–Kier alpha value is -2.37. The van der Waals surface area contributed by atoms with E-state index in [2.05, 4.69) is 5.32 Å². The minimum atomic E-state index is -0.181. The number of benzene rings is 2. The van der Waals surface area contributed by atoms with Crippen molar-refractivity contribution in [3.8, 4) is 5.75 Å². The molecule has 1 atom stereocenters. The molecule has 5 nitrogen and oxygen atoms in total. The van der Waals surface area contributed by atoms with Crippen LogP contribution in [0.25, 0.3) is 0 Å². The van der Waals surface area contributed by atoms with Crippen LogP contribution in [0.1, 0.15) is 17.5 Å². The third kappa shape index (κ3) is 7.37. The van der Waals surface area contributed by atoms with Crippen molar-refractivity contribution < 1.29 is 19.7 Å². The lowest BCUT2D eigenvalue weighted by molar-refractivity contribution is -0.122. The Balaban J connectivity index is 1.87. The first-order chi connectivity index (χ1) is 12.2. The van der Waals surface area contributed by atoms with Crippen LogP contribution in [0.15, 0.2) is 54.6 Å². The maximum atomic E-state index is 12.2. The van der Waals surface area contributed by atoms with Gasteiger partial charge in [0.1, 0.15) is 5.75 Å². The second-order valence-corrected chi connectivity index (χ2v) is 5.92. The Morgan fingerprint density at radius 2 is 1.76 bits per heavy atom. The highest BCUT2D eigenvalue weighted by molar-refractivity contribution is 5.76. The molecular weight excluding hydrogens is 318 g/mol. The third-order valence-corrected chi connectivity index (χ3v) is 3.82. The van der Waals surface area contributed by atoms with Crippen LogP contribution in [0.2, 0.25) is 0 Å². The molecule has 0 aliphatic carbocycles. The molecule has 0 unspecified atom stereocenters. The lowest BCUT2D eigenvalue weighted by Gasteiger charge is -2.19.